The van der Waals surface area contributed by atoms with Gasteiger partial charge in [-0.1, -0.05) is 12.1 Å². The van der Waals surface area contributed by atoms with Crippen LogP contribution in [0.5, 0.6) is 0 Å². The summed E-state index contributed by atoms with van der Waals surface area (Å²) < 4.78 is 5.37. The van der Waals surface area contributed by atoms with Gasteiger partial charge in [-0.25, -0.2) is 14.5 Å². The third-order valence-corrected chi connectivity index (χ3v) is 4.70. The molecule has 1 aromatic carbocycles. The van der Waals surface area contributed by atoms with Crippen LogP contribution in [0.2, 0.25) is 0 Å². The fraction of sp³-hybridized carbons (Fsp3) is 0.474. The topological polar surface area (TPSA) is 103 Å². The summed E-state index contributed by atoms with van der Waals surface area (Å²) in [6.07, 6.45) is 0.158. The Bertz CT molecular complexity index is 829. The number of ether oxygens (including phenoxy) is 1. The lowest BCUT2D eigenvalue weighted by atomic mass is 9.87. The number of urea groups is 1. The van der Waals surface area contributed by atoms with E-state index in [1.165, 1.54) is 0 Å². The zero-order chi connectivity index (χ0) is 19.8. The van der Waals surface area contributed by atoms with Crippen LogP contribution in [0.1, 0.15) is 39.2 Å². The van der Waals surface area contributed by atoms with Crippen LogP contribution in [0.15, 0.2) is 24.3 Å². The van der Waals surface area contributed by atoms with Crippen molar-refractivity contribution < 1.29 is 19.1 Å². The zero-order valence-corrected chi connectivity index (χ0v) is 15.6. The van der Waals surface area contributed by atoms with Crippen LogP contribution in [-0.4, -0.2) is 47.2 Å². The first kappa shape index (κ1) is 18.7. The summed E-state index contributed by atoms with van der Waals surface area (Å²) in [6, 6.07) is 7.94. The highest BCUT2D eigenvalue weighted by atomic mass is 16.6. The lowest BCUT2D eigenvalue weighted by molar-refractivity contribution is -0.123. The van der Waals surface area contributed by atoms with E-state index >= 15 is 0 Å². The monoisotopic (exact) mass is 370 g/mol. The van der Waals surface area contributed by atoms with Gasteiger partial charge in [0.1, 0.15) is 17.2 Å². The SMILES string of the molecule is CC(C)(C)OC(=O)N1CCC2(CC1)NC(=O)N(c1ccccc1C#N)C2=O. The predicted molar refractivity (Wildman–Crippen MR) is 96.9 cm³/mol. The number of anilines is 1. The first-order valence-electron chi connectivity index (χ1n) is 8.81. The molecule has 2 saturated heterocycles. The average molecular weight is 370 g/mol. The quantitative estimate of drug-likeness (QED) is 0.765. The van der Waals surface area contributed by atoms with Crippen molar-refractivity contribution >= 4 is 23.7 Å². The van der Waals surface area contributed by atoms with Gasteiger partial charge in [0.2, 0.25) is 0 Å². The number of para-hydroxylation sites is 1. The Morgan fingerprint density at radius 3 is 2.44 bits per heavy atom. The minimum atomic E-state index is -1.06. The van der Waals surface area contributed by atoms with Crippen molar-refractivity contribution in [1.82, 2.24) is 10.2 Å². The van der Waals surface area contributed by atoms with Gasteiger partial charge in [-0.3, -0.25) is 4.79 Å². The molecule has 0 bridgehead atoms. The third-order valence-electron chi connectivity index (χ3n) is 4.70. The molecule has 142 valence electrons. The van der Waals surface area contributed by atoms with Crippen LogP contribution >= 0.6 is 0 Å². The van der Waals surface area contributed by atoms with E-state index < -0.39 is 23.3 Å². The molecule has 0 atom stereocenters. The summed E-state index contributed by atoms with van der Waals surface area (Å²) in [5.74, 6) is -0.390. The first-order chi connectivity index (χ1) is 12.7. The number of nitrogens with zero attached hydrogens (tertiary/aromatic N) is 3. The summed E-state index contributed by atoms with van der Waals surface area (Å²) in [6.45, 7) is 5.98. The second-order valence-corrected chi connectivity index (χ2v) is 7.75. The number of amides is 4. The molecule has 0 aliphatic carbocycles. The van der Waals surface area contributed by atoms with Crippen molar-refractivity contribution in [2.45, 2.75) is 44.8 Å². The molecule has 0 aromatic heterocycles. The van der Waals surface area contributed by atoms with E-state index in [9.17, 15) is 19.6 Å². The maximum atomic E-state index is 13.1. The molecule has 1 aromatic rings. The number of carbonyl (C=O) groups is 3. The van der Waals surface area contributed by atoms with Crippen LogP contribution in [0.3, 0.4) is 0 Å². The number of hydrogen-bond donors (Lipinski definition) is 1. The van der Waals surface area contributed by atoms with E-state index in [-0.39, 0.29) is 17.2 Å². The van der Waals surface area contributed by atoms with E-state index in [1.807, 2.05) is 6.07 Å². The second kappa shape index (κ2) is 6.58. The summed E-state index contributed by atoms with van der Waals surface area (Å²) in [4.78, 5) is 40.4. The van der Waals surface area contributed by atoms with Gasteiger partial charge in [0.15, 0.2) is 0 Å². The van der Waals surface area contributed by atoms with Crippen LogP contribution in [-0.2, 0) is 9.53 Å². The van der Waals surface area contributed by atoms with Crippen LogP contribution < -0.4 is 10.2 Å². The van der Waals surface area contributed by atoms with Crippen molar-refractivity contribution in [2.75, 3.05) is 18.0 Å². The molecule has 2 fully saturated rings. The van der Waals surface area contributed by atoms with Crippen molar-refractivity contribution in [3.8, 4) is 6.07 Å². The lowest BCUT2D eigenvalue weighted by Gasteiger charge is -2.37. The van der Waals surface area contributed by atoms with Gasteiger partial charge in [0.05, 0.1) is 11.3 Å². The highest BCUT2D eigenvalue weighted by Gasteiger charge is 2.53. The Morgan fingerprint density at radius 1 is 1.22 bits per heavy atom. The molecule has 4 amide bonds. The van der Waals surface area contributed by atoms with E-state index in [4.69, 9.17) is 4.74 Å². The van der Waals surface area contributed by atoms with Gasteiger partial charge in [0.25, 0.3) is 5.91 Å². The molecular weight excluding hydrogens is 348 g/mol. The summed E-state index contributed by atoms with van der Waals surface area (Å²) >= 11 is 0. The summed E-state index contributed by atoms with van der Waals surface area (Å²) in [5, 5.41) is 12.0. The minimum Gasteiger partial charge on any atom is -0.444 e. The van der Waals surface area contributed by atoms with Crippen LogP contribution in [0.4, 0.5) is 15.3 Å². The maximum absolute atomic E-state index is 13.1. The van der Waals surface area contributed by atoms with Gasteiger partial charge in [-0.05, 0) is 45.7 Å². The molecule has 1 spiro atoms. The van der Waals surface area contributed by atoms with Crippen molar-refractivity contribution in [3.63, 3.8) is 0 Å². The van der Waals surface area contributed by atoms with Gasteiger partial charge in [0, 0.05) is 13.1 Å². The molecule has 1 N–H and O–H groups in total. The molecule has 2 aliphatic heterocycles. The molecule has 0 unspecified atom stereocenters. The Morgan fingerprint density at radius 2 is 1.85 bits per heavy atom. The second-order valence-electron chi connectivity index (χ2n) is 7.75. The summed E-state index contributed by atoms with van der Waals surface area (Å²) in [7, 11) is 0. The Hall–Kier alpha value is -3.08. The predicted octanol–water partition coefficient (Wildman–Crippen LogP) is 2.38. The standard InChI is InChI=1S/C19H22N4O4/c1-18(2,3)27-17(26)22-10-8-19(9-11-22)15(24)23(16(25)21-19)14-7-5-4-6-13(14)12-20/h4-7H,8-11H2,1-3H3,(H,21,25). The Kier molecular flexibility index (Phi) is 4.56. The van der Waals surface area contributed by atoms with E-state index in [2.05, 4.69) is 5.32 Å². The molecule has 8 nitrogen and oxygen atoms in total. The number of imide groups is 1. The Balaban J connectivity index is 1.76. The number of hydrogen-bond acceptors (Lipinski definition) is 5. The average Bonchev–Trinajstić information content (AvgIpc) is 2.84. The van der Waals surface area contributed by atoms with Gasteiger partial charge < -0.3 is 15.0 Å². The molecule has 27 heavy (non-hydrogen) atoms. The highest BCUT2D eigenvalue weighted by Crippen LogP contribution is 2.34. The lowest BCUT2D eigenvalue weighted by Crippen LogP contribution is -2.56. The highest BCUT2D eigenvalue weighted by molar-refractivity contribution is 6.23. The fourth-order valence-electron chi connectivity index (χ4n) is 3.34. The third kappa shape index (κ3) is 3.45. The van der Waals surface area contributed by atoms with Crippen LogP contribution in [0.25, 0.3) is 0 Å². The number of carbonyl (C=O) groups excluding carboxylic acids is 3. The van der Waals surface area contributed by atoms with Crippen molar-refractivity contribution in [1.29, 1.82) is 5.26 Å². The van der Waals surface area contributed by atoms with Crippen molar-refractivity contribution in [3.05, 3.63) is 29.8 Å². The Labute approximate surface area is 157 Å². The number of benzene rings is 1. The molecule has 3 rings (SSSR count). The van der Waals surface area contributed by atoms with Crippen molar-refractivity contribution in [2.24, 2.45) is 0 Å². The minimum absolute atomic E-state index is 0.254. The zero-order valence-electron chi connectivity index (χ0n) is 15.6. The molecular formula is C19H22N4O4. The first-order valence-corrected chi connectivity index (χ1v) is 8.81. The molecule has 2 aliphatic rings. The smallest absolute Gasteiger partial charge is 0.410 e. The van der Waals surface area contributed by atoms with E-state index in [0.717, 1.165) is 4.90 Å². The largest absolute Gasteiger partial charge is 0.444 e. The van der Waals surface area contributed by atoms with Gasteiger partial charge >= 0.3 is 12.1 Å². The normalized spacial score (nSPS) is 19.0. The number of piperidine rings is 1. The van der Waals surface area contributed by atoms with E-state index in [0.29, 0.717) is 25.9 Å². The molecule has 0 radical (unpaired) electrons. The van der Waals surface area contributed by atoms with Crippen LogP contribution in [0, 0.1) is 11.3 Å². The number of nitrogens with one attached hydrogen (secondary N) is 1. The van der Waals surface area contributed by atoms with E-state index in [1.54, 1.807) is 49.9 Å². The van der Waals surface area contributed by atoms with Gasteiger partial charge in [-0.2, -0.15) is 5.26 Å². The van der Waals surface area contributed by atoms with Gasteiger partial charge in [-0.15, -0.1) is 0 Å². The molecule has 2 heterocycles. The maximum Gasteiger partial charge on any atom is 0.410 e. The summed E-state index contributed by atoms with van der Waals surface area (Å²) in [5.41, 5.74) is -1.13. The molecule has 8 heteroatoms. The number of nitriles is 1. The molecule has 0 saturated carbocycles. The number of rotatable bonds is 1. The fourth-order valence-corrected chi connectivity index (χ4v) is 3.34. The number of likely N-dealkylation sites (tertiary alicyclic amines) is 1.